The van der Waals surface area contributed by atoms with Gasteiger partial charge in [0.1, 0.15) is 0 Å². The molecule has 118 valence electrons. The number of hydrogen-bond acceptors (Lipinski definition) is 4. The molecule has 0 aromatic carbocycles. The molecule has 1 rings (SSSR count). The number of aliphatic hydroxyl groups is 1. The number of nitrogens with one attached hydrogen (secondary N) is 1. The highest BCUT2D eigenvalue weighted by Crippen LogP contribution is 2.24. The van der Waals surface area contributed by atoms with Crippen molar-refractivity contribution >= 4 is 0 Å². The molecule has 0 saturated carbocycles. The lowest BCUT2D eigenvalue weighted by Crippen LogP contribution is -2.33. The Balaban J connectivity index is 1.97. The predicted octanol–water partition coefficient (Wildman–Crippen LogP) is 1.51. The molecule has 0 aromatic rings. The topological polar surface area (TPSA) is 44.7 Å². The average molecular weight is 284 g/mol. The molecule has 3 atom stereocenters. The minimum absolute atomic E-state index is 0.399. The molecule has 20 heavy (non-hydrogen) atoms. The van der Waals surface area contributed by atoms with Gasteiger partial charge in [-0.05, 0) is 58.3 Å². The summed E-state index contributed by atoms with van der Waals surface area (Å²) >= 11 is 0. The number of nitrogens with zero attached hydrogens (tertiary/aromatic N) is 1. The van der Waals surface area contributed by atoms with Gasteiger partial charge in [-0.15, -0.1) is 0 Å². The lowest BCUT2D eigenvalue weighted by molar-refractivity contribution is 0.0129. The largest absolute Gasteiger partial charge is 0.389 e. The third kappa shape index (κ3) is 8.00. The van der Waals surface area contributed by atoms with Crippen LogP contribution in [0.3, 0.4) is 0 Å². The van der Waals surface area contributed by atoms with E-state index in [1.807, 2.05) is 0 Å². The zero-order chi connectivity index (χ0) is 14.8. The van der Waals surface area contributed by atoms with E-state index >= 15 is 0 Å². The van der Waals surface area contributed by atoms with Crippen LogP contribution in [-0.2, 0) is 4.74 Å². The Kier molecular flexibility index (Phi) is 9.10. The second-order valence-electron chi connectivity index (χ2n) is 6.23. The van der Waals surface area contributed by atoms with E-state index in [-0.39, 0.29) is 0 Å². The van der Waals surface area contributed by atoms with Gasteiger partial charge in [-0.1, -0.05) is 19.1 Å². The summed E-state index contributed by atoms with van der Waals surface area (Å²) in [5.74, 6) is 1.31. The smallest absolute Gasteiger partial charge is 0.0897 e. The molecule has 4 nitrogen and oxygen atoms in total. The maximum absolute atomic E-state index is 9.84. The zero-order valence-corrected chi connectivity index (χ0v) is 13.3. The summed E-state index contributed by atoms with van der Waals surface area (Å²) in [6.07, 6.45) is 7.48. The van der Waals surface area contributed by atoms with Crippen molar-refractivity contribution in [3.05, 3.63) is 12.2 Å². The highest BCUT2D eigenvalue weighted by molar-refractivity contribution is 4.93. The molecular formula is C16H32N2O2. The summed E-state index contributed by atoms with van der Waals surface area (Å²) in [5.41, 5.74) is 0. The molecule has 1 aliphatic rings. The van der Waals surface area contributed by atoms with Gasteiger partial charge in [0, 0.05) is 6.54 Å². The number of aliphatic hydroxyl groups excluding tert-OH is 1. The third-order valence-corrected chi connectivity index (χ3v) is 3.90. The van der Waals surface area contributed by atoms with Gasteiger partial charge in [0.15, 0.2) is 0 Å². The SMILES string of the molecule is CC1CC=CCC1COCC(O)CNCCCN(C)C. The fraction of sp³-hybridized carbons (Fsp3) is 0.875. The Morgan fingerprint density at radius 1 is 1.35 bits per heavy atom. The van der Waals surface area contributed by atoms with Gasteiger partial charge in [0.25, 0.3) is 0 Å². The Morgan fingerprint density at radius 2 is 2.10 bits per heavy atom. The summed E-state index contributed by atoms with van der Waals surface area (Å²) in [7, 11) is 4.15. The standard InChI is InChI=1S/C16H32N2O2/c1-14-7-4-5-8-15(14)12-20-13-16(19)11-17-9-6-10-18(2)3/h4-5,14-17,19H,6-13H2,1-3H3. The minimum Gasteiger partial charge on any atom is -0.389 e. The average Bonchev–Trinajstić information content (AvgIpc) is 2.40. The molecule has 0 amide bonds. The van der Waals surface area contributed by atoms with Crippen molar-refractivity contribution in [2.24, 2.45) is 11.8 Å². The molecule has 0 heterocycles. The van der Waals surface area contributed by atoms with Gasteiger partial charge in [-0.25, -0.2) is 0 Å². The molecule has 4 heteroatoms. The molecule has 0 aromatic heterocycles. The van der Waals surface area contributed by atoms with Crippen molar-refractivity contribution in [1.82, 2.24) is 10.2 Å². The van der Waals surface area contributed by atoms with Gasteiger partial charge in [0.2, 0.25) is 0 Å². The van der Waals surface area contributed by atoms with Gasteiger partial charge >= 0.3 is 0 Å². The van der Waals surface area contributed by atoms with Gasteiger partial charge in [0.05, 0.1) is 19.3 Å². The first-order valence-corrected chi connectivity index (χ1v) is 7.86. The summed E-state index contributed by atoms with van der Waals surface area (Å²) in [6.45, 7) is 6.12. The van der Waals surface area contributed by atoms with Crippen molar-refractivity contribution < 1.29 is 9.84 Å². The van der Waals surface area contributed by atoms with Crippen molar-refractivity contribution in [3.63, 3.8) is 0 Å². The second kappa shape index (κ2) is 10.3. The normalized spacial score (nSPS) is 24.2. The van der Waals surface area contributed by atoms with Crippen LogP contribution in [0.5, 0.6) is 0 Å². The van der Waals surface area contributed by atoms with Crippen LogP contribution in [0.1, 0.15) is 26.2 Å². The first kappa shape index (κ1) is 17.6. The minimum atomic E-state index is -0.399. The fourth-order valence-electron chi connectivity index (χ4n) is 2.44. The molecule has 0 fully saturated rings. The lowest BCUT2D eigenvalue weighted by atomic mass is 9.85. The second-order valence-corrected chi connectivity index (χ2v) is 6.23. The molecule has 1 aliphatic carbocycles. The van der Waals surface area contributed by atoms with Gasteiger partial charge < -0.3 is 20.1 Å². The van der Waals surface area contributed by atoms with Gasteiger partial charge in [-0.3, -0.25) is 0 Å². The molecule has 2 N–H and O–H groups in total. The lowest BCUT2D eigenvalue weighted by Gasteiger charge is -2.25. The monoisotopic (exact) mass is 284 g/mol. The van der Waals surface area contributed by atoms with E-state index < -0.39 is 6.10 Å². The van der Waals surface area contributed by atoms with Crippen LogP contribution < -0.4 is 5.32 Å². The molecule has 0 aliphatic heterocycles. The Labute approximate surface area is 124 Å². The summed E-state index contributed by atoms with van der Waals surface area (Å²) in [5, 5.41) is 13.1. The first-order valence-electron chi connectivity index (χ1n) is 7.86. The molecule has 0 radical (unpaired) electrons. The van der Waals surface area contributed by atoms with Crippen LogP contribution in [0.4, 0.5) is 0 Å². The first-order chi connectivity index (χ1) is 9.59. The van der Waals surface area contributed by atoms with E-state index in [2.05, 4.69) is 43.4 Å². The maximum Gasteiger partial charge on any atom is 0.0897 e. The summed E-state index contributed by atoms with van der Waals surface area (Å²) in [6, 6.07) is 0. The maximum atomic E-state index is 9.84. The van der Waals surface area contributed by atoms with Crippen molar-refractivity contribution in [2.75, 3.05) is 46.9 Å². The quantitative estimate of drug-likeness (QED) is 0.471. The highest BCUT2D eigenvalue weighted by Gasteiger charge is 2.18. The van der Waals surface area contributed by atoms with E-state index in [9.17, 15) is 5.11 Å². The molecule has 0 saturated heterocycles. The number of allylic oxidation sites excluding steroid dienone is 2. The third-order valence-electron chi connectivity index (χ3n) is 3.90. The summed E-state index contributed by atoms with van der Waals surface area (Å²) in [4.78, 5) is 2.17. The number of hydrogen-bond donors (Lipinski definition) is 2. The van der Waals surface area contributed by atoms with E-state index in [1.54, 1.807) is 0 Å². The van der Waals surface area contributed by atoms with Crippen LogP contribution >= 0.6 is 0 Å². The van der Waals surface area contributed by atoms with E-state index in [0.29, 0.717) is 25.0 Å². The molecule has 3 unspecified atom stereocenters. The van der Waals surface area contributed by atoms with E-state index in [0.717, 1.165) is 39.0 Å². The van der Waals surface area contributed by atoms with Gasteiger partial charge in [-0.2, -0.15) is 0 Å². The summed E-state index contributed by atoms with van der Waals surface area (Å²) < 4.78 is 5.67. The van der Waals surface area contributed by atoms with Crippen LogP contribution in [0.2, 0.25) is 0 Å². The van der Waals surface area contributed by atoms with Crippen LogP contribution in [0, 0.1) is 11.8 Å². The highest BCUT2D eigenvalue weighted by atomic mass is 16.5. The van der Waals surface area contributed by atoms with Crippen LogP contribution in [-0.4, -0.2) is 63.1 Å². The molecule has 0 spiro atoms. The Hall–Kier alpha value is -0.420. The van der Waals surface area contributed by atoms with E-state index in [4.69, 9.17) is 4.74 Å². The number of rotatable bonds is 10. The molecule has 0 bridgehead atoms. The Morgan fingerprint density at radius 3 is 2.80 bits per heavy atom. The molecular weight excluding hydrogens is 252 g/mol. The van der Waals surface area contributed by atoms with Crippen molar-refractivity contribution in [3.8, 4) is 0 Å². The van der Waals surface area contributed by atoms with Crippen LogP contribution in [0.25, 0.3) is 0 Å². The fourth-order valence-corrected chi connectivity index (χ4v) is 2.44. The van der Waals surface area contributed by atoms with Crippen molar-refractivity contribution in [1.29, 1.82) is 0 Å². The Bertz CT molecular complexity index is 269. The van der Waals surface area contributed by atoms with E-state index in [1.165, 1.54) is 0 Å². The van der Waals surface area contributed by atoms with Crippen molar-refractivity contribution in [2.45, 2.75) is 32.3 Å². The predicted molar refractivity (Wildman–Crippen MR) is 83.9 cm³/mol. The van der Waals surface area contributed by atoms with Crippen LogP contribution in [0.15, 0.2) is 12.2 Å². The number of ether oxygens (including phenoxy) is 1. The zero-order valence-electron chi connectivity index (χ0n) is 13.3.